The zero-order valence-corrected chi connectivity index (χ0v) is 23.9. The van der Waals surface area contributed by atoms with Gasteiger partial charge in [0.15, 0.2) is 12.4 Å². The first-order chi connectivity index (χ1) is 21.1. The predicted molar refractivity (Wildman–Crippen MR) is 173 cm³/mol. The molecule has 6 nitrogen and oxygen atoms in total. The van der Waals surface area contributed by atoms with Crippen LogP contribution in [0.4, 0.5) is 0 Å². The molecule has 0 amide bonds. The maximum absolute atomic E-state index is 5.28. The third-order valence-electron chi connectivity index (χ3n) is 8.10. The van der Waals surface area contributed by atoms with E-state index in [4.69, 9.17) is 9.98 Å². The molecule has 0 atom stereocenters. The van der Waals surface area contributed by atoms with Crippen LogP contribution in [0.25, 0.3) is 22.4 Å². The molecule has 4 aliphatic rings. The SMILES string of the molecule is CN1C=CC(=C2C3=NC(=c4ccc([nH]4)=C(c4cc[n+](C)cc4)C4=NC(=C(c5ccccc5)c5ccc2[nH]5)C=C4)C=C3)C=C1. The van der Waals surface area contributed by atoms with Crippen LogP contribution in [-0.4, -0.2) is 33.3 Å². The molecule has 6 heteroatoms. The lowest BCUT2D eigenvalue weighted by Crippen LogP contribution is -2.26. The lowest BCUT2D eigenvalue weighted by atomic mass is 9.99. The van der Waals surface area contributed by atoms with E-state index >= 15 is 0 Å². The van der Waals surface area contributed by atoms with Gasteiger partial charge in [-0.3, -0.25) is 0 Å². The number of aromatic amines is 2. The topological polar surface area (TPSA) is 63.4 Å². The van der Waals surface area contributed by atoms with Crippen LogP contribution in [0.1, 0.15) is 22.5 Å². The van der Waals surface area contributed by atoms with E-state index in [1.165, 1.54) is 0 Å². The normalized spacial score (nSPS) is 17.1. The minimum Gasteiger partial charge on any atom is -0.357 e. The highest BCUT2D eigenvalue weighted by molar-refractivity contribution is 6.33. The molecule has 3 aromatic heterocycles. The average molecular weight is 558 g/mol. The maximum Gasteiger partial charge on any atom is 0.169 e. The fraction of sp³-hybridized carbons (Fsp3) is 0.0541. The van der Waals surface area contributed by atoms with E-state index in [2.05, 4.69) is 132 Å². The van der Waals surface area contributed by atoms with Gasteiger partial charge in [-0.2, -0.15) is 0 Å². The number of aromatic nitrogens is 3. The zero-order chi connectivity index (χ0) is 28.9. The van der Waals surface area contributed by atoms with Gasteiger partial charge in [-0.25, -0.2) is 14.6 Å². The number of H-pyrrole nitrogens is 2. The summed E-state index contributed by atoms with van der Waals surface area (Å²) in [6.07, 6.45) is 21.0. The van der Waals surface area contributed by atoms with E-state index in [1.54, 1.807) is 0 Å². The summed E-state index contributed by atoms with van der Waals surface area (Å²) in [7, 11) is 4.06. The van der Waals surface area contributed by atoms with Gasteiger partial charge in [0.1, 0.15) is 7.05 Å². The smallest absolute Gasteiger partial charge is 0.169 e. The Morgan fingerprint density at radius 1 is 0.581 bits per heavy atom. The molecular formula is C37H29N6+. The predicted octanol–water partition coefficient (Wildman–Crippen LogP) is 4.70. The molecule has 0 spiro atoms. The Hall–Kier alpha value is -5.75. The summed E-state index contributed by atoms with van der Waals surface area (Å²) in [6.45, 7) is 0. The second kappa shape index (κ2) is 9.96. The summed E-state index contributed by atoms with van der Waals surface area (Å²) in [5.74, 6) is 0. The third-order valence-corrected chi connectivity index (χ3v) is 8.10. The number of aliphatic imine (C=N–C) groups is 2. The first-order valence-electron chi connectivity index (χ1n) is 14.4. The van der Waals surface area contributed by atoms with Gasteiger partial charge in [0.25, 0.3) is 0 Å². The van der Waals surface area contributed by atoms with Crippen LogP contribution in [0.5, 0.6) is 0 Å². The van der Waals surface area contributed by atoms with Crippen molar-refractivity contribution in [1.29, 1.82) is 0 Å². The van der Waals surface area contributed by atoms with Crippen LogP contribution in [0.3, 0.4) is 0 Å². The standard InChI is InChI=1S/C37H28N6/c1-42-20-16-25(17-21-42)36-29-10-8-27(38-29)28-9-11-30(39-28)37(26-18-22-43(2)23-19-26)34-15-13-32(41-34)35(24-6-4-3-5-7-24)31-12-14-33(36)40-31/h3-23H,1-2H3,(H,40,41)/p+1. The first-order valence-corrected chi connectivity index (χ1v) is 14.4. The zero-order valence-electron chi connectivity index (χ0n) is 23.9. The van der Waals surface area contributed by atoms with E-state index in [0.717, 1.165) is 78.3 Å². The molecule has 8 rings (SSSR count). The molecule has 1 aromatic carbocycles. The summed E-state index contributed by atoms with van der Waals surface area (Å²) in [6, 6.07) is 23.3. The number of hydrogen-bond acceptors (Lipinski definition) is 3. The van der Waals surface area contributed by atoms with E-state index in [1.807, 2.05) is 29.6 Å². The second-order valence-corrected chi connectivity index (χ2v) is 11.0. The van der Waals surface area contributed by atoms with Crippen molar-refractivity contribution in [3.63, 3.8) is 0 Å². The van der Waals surface area contributed by atoms with E-state index in [-0.39, 0.29) is 0 Å². The Kier molecular flexibility index (Phi) is 5.79. The van der Waals surface area contributed by atoms with Crippen molar-refractivity contribution in [1.82, 2.24) is 14.9 Å². The second-order valence-electron chi connectivity index (χ2n) is 11.0. The highest BCUT2D eigenvalue weighted by Crippen LogP contribution is 2.34. The van der Waals surface area contributed by atoms with Gasteiger partial charge in [0.2, 0.25) is 0 Å². The van der Waals surface area contributed by atoms with E-state index < -0.39 is 0 Å². The summed E-state index contributed by atoms with van der Waals surface area (Å²) in [4.78, 5) is 19.9. The molecule has 4 aromatic rings. The number of aryl methyl sites for hydroxylation is 1. The Balaban J connectivity index is 1.47. The monoisotopic (exact) mass is 557 g/mol. The first kappa shape index (κ1) is 25.0. The summed E-state index contributed by atoms with van der Waals surface area (Å²) >= 11 is 0. The summed E-state index contributed by atoms with van der Waals surface area (Å²) in [5.41, 5.74) is 12.1. The fourth-order valence-electron chi connectivity index (χ4n) is 5.93. The number of rotatable bonds is 2. The van der Waals surface area contributed by atoms with Gasteiger partial charge >= 0.3 is 0 Å². The van der Waals surface area contributed by atoms with Crippen molar-refractivity contribution in [3.8, 4) is 0 Å². The molecule has 2 N–H and O–H groups in total. The van der Waals surface area contributed by atoms with Gasteiger partial charge < -0.3 is 14.9 Å². The van der Waals surface area contributed by atoms with Crippen molar-refractivity contribution < 1.29 is 4.57 Å². The Morgan fingerprint density at radius 2 is 1.21 bits per heavy atom. The van der Waals surface area contributed by atoms with Gasteiger partial charge in [0.05, 0.1) is 28.2 Å². The number of fused-ring (bicyclic) bond motifs is 6. The van der Waals surface area contributed by atoms with Crippen molar-refractivity contribution in [3.05, 3.63) is 172 Å². The lowest BCUT2D eigenvalue weighted by molar-refractivity contribution is -0.671. The number of pyridine rings is 1. The van der Waals surface area contributed by atoms with Crippen LogP contribution in [0.2, 0.25) is 0 Å². The number of nitrogens with one attached hydrogen (secondary N) is 2. The highest BCUT2D eigenvalue weighted by Gasteiger charge is 2.23. The van der Waals surface area contributed by atoms with Gasteiger partial charge in [-0.05, 0) is 77.4 Å². The Labute approximate surface area is 249 Å². The molecule has 0 saturated heterocycles. The number of benzene rings is 1. The molecular weight excluding hydrogens is 528 g/mol. The molecule has 206 valence electrons. The Morgan fingerprint density at radius 3 is 1.98 bits per heavy atom. The van der Waals surface area contributed by atoms with Gasteiger partial charge in [-0.1, -0.05) is 30.3 Å². The maximum atomic E-state index is 5.28. The summed E-state index contributed by atoms with van der Waals surface area (Å²) in [5, 5.41) is 1.96. The molecule has 0 fully saturated rings. The van der Waals surface area contributed by atoms with Crippen molar-refractivity contribution in [2.75, 3.05) is 7.05 Å². The van der Waals surface area contributed by atoms with Gasteiger partial charge in [0, 0.05) is 65.0 Å². The van der Waals surface area contributed by atoms with Crippen molar-refractivity contribution in [2.24, 2.45) is 17.0 Å². The molecule has 0 aliphatic carbocycles. The van der Waals surface area contributed by atoms with Crippen LogP contribution >= 0.6 is 0 Å². The molecule has 8 bridgehead atoms. The third kappa shape index (κ3) is 4.41. The van der Waals surface area contributed by atoms with Crippen LogP contribution in [-0.2, 0) is 7.05 Å². The molecule has 4 aliphatic heterocycles. The molecule has 0 radical (unpaired) electrons. The molecule has 43 heavy (non-hydrogen) atoms. The van der Waals surface area contributed by atoms with E-state index in [9.17, 15) is 0 Å². The average Bonchev–Trinajstić information content (AvgIpc) is 3.85. The molecule has 7 heterocycles. The van der Waals surface area contributed by atoms with Crippen LogP contribution in [0, 0.1) is 0 Å². The largest absolute Gasteiger partial charge is 0.357 e. The molecule has 0 unspecified atom stereocenters. The number of nitrogens with zero attached hydrogens (tertiary/aromatic N) is 4. The lowest BCUT2D eigenvalue weighted by Gasteiger charge is -2.16. The Bertz CT molecular complexity index is 2160. The highest BCUT2D eigenvalue weighted by atomic mass is 15.0. The minimum atomic E-state index is 0.897. The number of allylic oxidation sites excluding steroid dienone is 7. The van der Waals surface area contributed by atoms with Crippen molar-refractivity contribution in [2.45, 2.75) is 0 Å². The molecule has 0 saturated carbocycles. The quantitative estimate of drug-likeness (QED) is 0.345. The minimum absolute atomic E-state index is 0.897. The fourth-order valence-corrected chi connectivity index (χ4v) is 5.93. The van der Waals surface area contributed by atoms with Gasteiger partial charge in [-0.15, -0.1) is 0 Å². The van der Waals surface area contributed by atoms with Crippen LogP contribution in [0.15, 0.2) is 149 Å². The summed E-state index contributed by atoms with van der Waals surface area (Å²) < 4.78 is 2.04. The number of hydrogen-bond donors (Lipinski definition) is 2. The van der Waals surface area contributed by atoms with E-state index in [0.29, 0.717) is 0 Å². The van der Waals surface area contributed by atoms with Crippen LogP contribution < -0.4 is 15.3 Å². The van der Waals surface area contributed by atoms with Crippen molar-refractivity contribution >= 4 is 33.8 Å².